The number of rotatable bonds is 7. The molecule has 2 aromatic carbocycles. The fourth-order valence-electron chi connectivity index (χ4n) is 2.91. The molecule has 144 valence electrons. The van der Waals surface area contributed by atoms with Gasteiger partial charge < -0.3 is 14.0 Å². The number of Topliss-reactive ketones (excluding diaryl/α,β-unsaturated/α-hetero) is 1. The van der Waals surface area contributed by atoms with E-state index in [2.05, 4.69) is 35.5 Å². The molecule has 1 heterocycles. The van der Waals surface area contributed by atoms with E-state index in [0.29, 0.717) is 23.7 Å². The Hall–Kier alpha value is -2.53. The van der Waals surface area contributed by atoms with Crippen LogP contribution in [0.4, 0.5) is 0 Å². The molecule has 3 aromatic rings. The smallest absolute Gasteiger partial charge is 0.161 e. The maximum absolute atomic E-state index is 11.5. The van der Waals surface area contributed by atoms with E-state index in [1.807, 2.05) is 6.33 Å². The van der Waals surface area contributed by atoms with Gasteiger partial charge in [-0.3, -0.25) is 4.79 Å². The van der Waals surface area contributed by atoms with Crippen LogP contribution >= 0.6 is 12.4 Å². The minimum absolute atomic E-state index is 0. The van der Waals surface area contributed by atoms with Gasteiger partial charge in [0.2, 0.25) is 0 Å². The number of hydrogen-bond donors (Lipinski definition) is 0. The average Bonchev–Trinajstić information content (AvgIpc) is 3.00. The van der Waals surface area contributed by atoms with E-state index >= 15 is 0 Å². The fourth-order valence-corrected chi connectivity index (χ4v) is 2.91. The van der Waals surface area contributed by atoms with Gasteiger partial charge in [0.05, 0.1) is 31.1 Å². The summed E-state index contributed by atoms with van der Waals surface area (Å²) in [7, 11) is 1.58. The molecule has 0 aliphatic carbocycles. The molecule has 0 amide bonds. The molecular weight excluding hydrogens is 364 g/mol. The molecule has 0 radical (unpaired) electrons. The Kier molecular flexibility index (Phi) is 6.86. The van der Waals surface area contributed by atoms with Crippen LogP contribution in [-0.4, -0.2) is 29.1 Å². The fraction of sp³-hybridized carbons (Fsp3) is 0.333. The van der Waals surface area contributed by atoms with Crippen LogP contribution in [-0.2, 0) is 6.54 Å². The Balaban J connectivity index is 0.00000261. The molecule has 0 N–H and O–H groups in total. The van der Waals surface area contributed by atoms with Gasteiger partial charge in [-0.1, -0.05) is 0 Å². The molecule has 0 saturated heterocycles. The number of aromatic nitrogens is 2. The number of methoxy groups -OCH3 is 1. The maximum atomic E-state index is 11.5. The van der Waals surface area contributed by atoms with Crippen LogP contribution in [0.25, 0.3) is 11.0 Å². The topological polar surface area (TPSA) is 53.4 Å². The molecule has 0 fully saturated rings. The van der Waals surface area contributed by atoms with E-state index in [1.54, 1.807) is 25.3 Å². The van der Waals surface area contributed by atoms with Crippen LogP contribution in [0.1, 0.15) is 34.8 Å². The van der Waals surface area contributed by atoms with Crippen LogP contribution in [0.15, 0.2) is 36.7 Å². The van der Waals surface area contributed by atoms with Crippen molar-refractivity contribution >= 4 is 29.2 Å². The van der Waals surface area contributed by atoms with Crippen molar-refractivity contribution in [1.82, 2.24) is 9.55 Å². The van der Waals surface area contributed by atoms with E-state index in [9.17, 15) is 4.79 Å². The number of hydrogen-bond acceptors (Lipinski definition) is 4. The second-order valence-electron chi connectivity index (χ2n) is 6.49. The first kappa shape index (κ1) is 20.8. The Morgan fingerprint density at radius 1 is 1.11 bits per heavy atom. The first-order valence-corrected chi connectivity index (χ1v) is 8.73. The lowest BCUT2D eigenvalue weighted by Crippen LogP contribution is -2.05. The second-order valence-corrected chi connectivity index (χ2v) is 6.49. The van der Waals surface area contributed by atoms with E-state index in [1.165, 1.54) is 18.1 Å². The van der Waals surface area contributed by atoms with Gasteiger partial charge in [0.25, 0.3) is 0 Å². The summed E-state index contributed by atoms with van der Waals surface area (Å²) >= 11 is 0. The van der Waals surface area contributed by atoms with Gasteiger partial charge in [-0.05, 0) is 68.7 Å². The van der Waals surface area contributed by atoms with E-state index in [0.717, 1.165) is 24.0 Å². The van der Waals surface area contributed by atoms with Crippen LogP contribution < -0.4 is 9.47 Å². The highest BCUT2D eigenvalue weighted by Gasteiger charge is 2.09. The molecule has 0 unspecified atom stereocenters. The number of carbonyl (C=O) groups excluding carboxylic acids is 1. The zero-order chi connectivity index (χ0) is 18.7. The van der Waals surface area contributed by atoms with Crippen molar-refractivity contribution in [3.05, 3.63) is 53.3 Å². The van der Waals surface area contributed by atoms with Gasteiger partial charge in [0.1, 0.15) is 0 Å². The Labute approximate surface area is 165 Å². The molecule has 6 heteroatoms. The SMILES string of the molecule is COc1cc(C(C)=O)ccc1OCCCn1cnc2cc(C)c(C)cc21.Cl. The summed E-state index contributed by atoms with van der Waals surface area (Å²) in [4.78, 5) is 15.9. The Bertz CT molecular complexity index is 950. The standard InChI is InChI=1S/C21H24N2O3.ClH/c1-14-10-18-19(11-15(14)2)23(13-22-18)8-5-9-26-20-7-6-17(16(3)24)12-21(20)25-4;/h6-7,10-13H,5,8-9H2,1-4H3;1H. The monoisotopic (exact) mass is 388 g/mol. The summed E-state index contributed by atoms with van der Waals surface area (Å²) in [5.41, 5.74) is 5.31. The van der Waals surface area contributed by atoms with Gasteiger partial charge in [0.15, 0.2) is 17.3 Å². The summed E-state index contributed by atoms with van der Waals surface area (Å²) in [6.45, 7) is 7.14. The molecular formula is C21H25ClN2O3. The largest absolute Gasteiger partial charge is 0.493 e. The third-order valence-electron chi connectivity index (χ3n) is 4.61. The molecule has 0 aliphatic rings. The predicted octanol–water partition coefficient (Wildman–Crippen LogP) is 4.76. The summed E-state index contributed by atoms with van der Waals surface area (Å²) in [6.07, 6.45) is 2.72. The van der Waals surface area contributed by atoms with Gasteiger partial charge in [-0.25, -0.2) is 4.98 Å². The van der Waals surface area contributed by atoms with E-state index in [-0.39, 0.29) is 18.2 Å². The van der Waals surface area contributed by atoms with Crippen molar-refractivity contribution in [3.8, 4) is 11.5 Å². The van der Waals surface area contributed by atoms with Gasteiger partial charge in [-0.15, -0.1) is 12.4 Å². The molecule has 5 nitrogen and oxygen atoms in total. The number of benzene rings is 2. The molecule has 1 aromatic heterocycles. The number of carbonyl (C=O) groups is 1. The summed E-state index contributed by atoms with van der Waals surface area (Å²) < 4.78 is 13.3. The summed E-state index contributed by atoms with van der Waals surface area (Å²) in [6, 6.07) is 9.57. The van der Waals surface area contributed by atoms with E-state index < -0.39 is 0 Å². The first-order chi connectivity index (χ1) is 12.5. The number of imidazole rings is 1. The number of ether oxygens (including phenoxy) is 2. The summed E-state index contributed by atoms with van der Waals surface area (Å²) in [5.74, 6) is 1.24. The van der Waals surface area contributed by atoms with Crippen LogP contribution in [0.3, 0.4) is 0 Å². The van der Waals surface area contributed by atoms with Crippen molar-refractivity contribution in [2.75, 3.05) is 13.7 Å². The Morgan fingerprint density at radius 3 is 2.56 bits per heavy atom. The zero-order valence-corrected chi connectivity index (χ0v) is 16.9. The Morgan fingerprint density at radius 2 is 1.85 bits per heavy atom. The molecule has 0 atom stereocenters. The number of nitrogens with zero attached hydrogens (tertiary/aromatic N) is 2. The van der Waals surface area contributed by atoms with Gasteiger partial charge in [-0.2, -0.15) is 0 Å². The lowest BCUT2D eigenvalue weighted by atomic mass is 10.1. The molecule has 3 rings (SSSR count). The van der Waals surface area contributed by atoms with Gasteiger partial charge in [0, 0.05) is 12.1 Å². The lowest BCUT2D eigenvalue weighted by Gasteiger charge is -2.12. The number of halogens is 1. The lowest BCUT2D eigenvalue weighted by molar-refractivity contribution is 0.101. The zero-order valence-electron chi connectivity index (χ0n) is 16.1. The number of ketones is 1. The molecule has 0 aliphatic heterocycles. The average molecular weight is 389 g/mol. The van der Waals surface area contributed by atoms with Crippen LogP contribution in [0.2, 0.25) is 0 Å². The third kappa shape index (κ3) is 4.61. The highest BCUT2D eigenvalue weighted by atomic mass is 35.5. The molecule has 0 saturated carbocycles. The molecule has 0 spiro atoms. The predicted molar refractivity (Wildman–Crippen MR) is 110 cm³/mol. The highest BCUT2D eigenvalue weighted by Crippen LogP contribution is 2.28. The number of aryl methyl sites for hydroxylation is 3. The third-order valence-corrected chi connectivity index (χ3v) is 4.61. The quantitative estimate of drug-likeness (QED) is 0.432. The van der Waals surface area contributed by atoms with Gasteiger partial charge >= 0.3 is 0 Å². The van der Waals surface area contributed by atoms with E-state index in [4.69, 9.17) is 9.47 Å². The maximum Gasteiger partial charge on any atom is 0.161 e. The minimum atomic E-state index is 0. The molecule has 27 heavy (non-hydrogen) atoms. The highest BCUT2D eigenvalue weighted by molar-refractivity contribution is 5.94. The van der Waals surface area contributed by atoms with Crippen molar-refractivity contribution in [1.29, 1.82) is 0 Å². The van der Waals surface area contributed by atoms with Crippen molar-refractivity contribution in [2.45, 2.75) is 33.7 Å². The first-order valence-electron chi connectivity index (χ1n) is 8.73. The normalized spacial score (nSPS) is 10.5. The second kappa shape index (κ2) is 8.91. The van der Waals surface area contributed by atoms with Crippen molar-refractivity contribution in [2.24, 2.45) is 0 Å². The molecule has 0 bridgehead atoms. The van der Waals surface area contributed by atoms with Crippen LogP contribution in [0.5, 0.6) is 11.5 Å². The number of fused-ring (bicyclic) bond motifs is 1. The summed E-state index contributed by atoms with van der Waals surface area (Å²) in [5, 5.41) is 0. The van der Waals surface area contributed by atoms with Crippen molar-refractivity contribution < 1.29 is 14.3 Å². The van der Waals surface area contributed by atoms with Crippen molar-refractivity contribution in [3.63, 3.8) is 0 Å². The minimum Gasteiger partial charge on any atom is -0.493 e. The van der Waals surface area contributed by atoms with Crippen LogP contribution in [0, 0.1) is 13.8 Å².